The molecule has 0 aliphatic heterocycles. The summed E-state index contributed by atoms with van der Waals surface area (Å²) >= 11 is 0. The number of carbonyl (C=O) groups is 1. The van der Waals surface area contributed by atoms with Crippen molar-refractivity contribution in [1.29, 1.82) is 0 Å². The summed E-state index contributed by atoms with van der Waals surface area (Å²) in [4.78, 5) is 19.7. The van der Waals surface area contributed by atoms with Gasteiger partial charge in [-0.1, -0.05) is 27.7 Å². The number of hydroxylamine groups is 1. The maximum absolute atomic E-state index is 10.5. The van der Waals surface area contributed by atoms with Crippen LogP contribution in [0.5, 0.6) is 0 Å². The topological polar surface area (TPSA) is 102 Å². The Kier molecular flexibility index (Phi) is 16.5. The van der Waals surface area contributed by atoms with E-state index in [1.807, 2.05) is 67.4 Å². The minimum absolute atomic E-state index is 0.204. The predicted molar refractivity (Wildman–Crippen MR) is 138 cm³/mol. The molecule has 32 heavy (non-hydrogen) atoms. The molecule has 0 aliphatic rings. The lowest BCUT2D eigenvalue weighted by Crippen LogP contribution is -2.43. The molecule has 0 aliphatic carbocycles. The Bertz CT molecular complexity index is 578. The Morgan fingerprint density at radius 2 is 1.16 bits per heavy atom. The first-order valence-electron chi connectivity index (χ1n) is 11.2. The number of nitrogens with zero attached hydrogens (tertiary/aromatic N) is 2. The fourth-order valence-electron chi connectivity index (χ4n) is 1.39. The van der Waals surface area contributed by atoms with Crippen molar-refractivity contribution < 1.29 is 28.5 Å². The summed E-state index contributed by atoms with van der Waals surface area (Å²) in [6, 6.07) is 0. The van der Waals surface area contributed by atoms with Gasteiger partial charge in [0.1, 0.15) is 19.5 Å². The molecule has 0 aromatic rings. The van der Waals surface area contributed by atoms with Crippen molar-refractivity contribution in [2.75, 3.05) is 13.2 Å². The highest BCUT2D eigenvalue weighted by molar-refractivity contribution is 6.70. The highest BCUT2D eigenvalue weighted by Crippen LogP contribution is 2.13. The Balaban J connectivity index is -0.000000441. The molecule has 0 amide bonds. The van der Waals surface area contributed by atoms with E-state index in [4.69, 9.17) is 8.85 Å². The molecule has 8 nitrogen and oxygen atoms in total. The normalized spacial score (nSPS) is 13.2. The zero-order chi connectivity index (χ0) is 26.6. The van der Waals surface area contributed by atoms with Gasteiger partial charge in [0.05, 0.1) is 0 Å². The van der Waals surface area contributed by atoms with Crippen LogP contribution in [0, 0.1) is 22.0 Å². The van der Waals surface area contributed by atoms with Gasteiger partial charge in [-0.2, -0.15) is 0 Å². The van der Waals surface area contributed by atoms with Gasteiger partial charge in [0.2, 0.25) is 11.1 Å². The Morgan fingerprint density at radius 3 is 1.38 bits per heavy atom. The van der Waals surface area contributed by atoms with E-state index in [2.05, 4.69) is 19.6 Å². The second-order valence-electron chi connectivity index (χ2n) is 11.8. The van der Waals surface area contributed by atoms with Crippen LogP contribution >= 0.6 is 0 Å². The average molecular weight is 496 g/mol. The van der Waals surface area contributed by atoms with Crippen LogP contribution in [0.25, 0.3) is 0 Å². The van der Waals surface area contributed by atoms with E-state index in [-0.39, 0.29) is 23.0 Å². The number of hydrogen-bond acceptors (Lipinski definition) is 6. The molecule has 0 aromatic heterocycles. The van der Waals surface area contributed by atoms with E-state index in [1.54, 1.807) is 13.8 Å². The summed E-state index contributed by atoms with van der Waals surface area (Å²) in [5, 5.41) is 20.3. The molecule has 1 N–H and O–H groups in total. The Hall–Kier alpha value is -1.11. The molecule has 0 rings (SSSR count). The van der Waals surface area contributed by atoms with Gasteiger partial charge in [0.25, 0.3) is 0 Å². The third-order valence-corrected chi connectivity index (χ3v) is 5.56. The van der Waals surface area contributed by atoms with Crippen molar-refractivity contribution in [2.24, 2.45) is 11.8 Å². The van der Waals surface area contributed by atoms with Crippen LogP contribution in [-0.4, -0.2) is 68.3 Å². The van der Waals surface area contributed by atoms with E-state index < -0.39 is 22.2 Å². The second-order valence-corrected chi connectivity index (χ2v) is 20.8. The highest BCUT2D eigenvalue weighted by atomic mass is 28.4. The van der Waals surface area contributed by atoms with Crippen molar-refractivity contribution in [1.82, 2.24) is 0 Å². The monoisotopic (exact) mass is 495 g/mol. The summed E-state index contributed by atoms with van der Waals surface area (Å²) in [5.41, 5.74) is -1.31. The maximum Gasteiger partial charge on any atom is 0.238 e. The average Bonchev–Trinajstić information content (AvgIpc) is 2.57. The lowest BCUT2D eigenvalue weighted by atomic mass is 10.1. The van der Waals surface area contributed by atoms with Crippen molar-refractivity contribution in [2.45, 2.75) is 106 Å². The minimum atomic E-state index is -1.62. The molecule has 192 valence electrons. The molecular formula is C22H51N2O6Si2+. The summed E-state index contributed by atoms with van der Waals surface area (Å²) in [6.07, 6.45) is 2.73. The molecule has 0 heterocycles. The smallest absolute Gasteiger partial charge is 0.238 e. The van der Waals surface area contributed by atoms with Gasteiger partial charge in [-0.25, -0.2) is 0 Å². The molecule has 10 heteroatoms. The molecular weight excluding hydrogens is 444 g/mol. The standard InChI is InChI=1S/C11H26NO2Si.C7H17NO3Si.C4H8O/c1-10(2)8-12(13)11(3,4)9-14-15(5,6)7;1-7(2,8(9)10)6-11-12(3,4)5;1-4(2)3-5/h8,10,13H,9H2,1-7H3;6H2,1-5H3;3-4H,1-2H3/q+1;;/b12-8+;;. The summed E-state index contributed by atoms with van der Waals surface area (Å²) in [5.74, 6) is 0.538. The van der Waals surface area contributed by atoms with E-state index in [0.717, 1.165) is 6.29 Å². The predicted octanol–water partition coefficient (Wildman–Crippen LogP) is 5.48. The molecule has 0 atom stereocenters. The van der Waals surface area contributed by atoms with Gasteiger partial charge in [0.15, 0.2) is 22.8 Å². The largest absolute Gasteiger partial charge is 0.410 e. The van der Waals surface area contributed by atoms with Gasteiger partial charge >= 0.3 is 0 Å². The zero-order valence-corrected chi connectivity index (χ0v) is 25.1. The number of hydrogen-bond donors (Lipinski definition) is 1. The van der Waals surface area contributed by atoms with Crippen LogP contribution in [-0.2, 0) is 13.6 Å². The Labute approximate surface area is 198 Å². The molecule has 0 spiro atoms. The first kappa shape index (κ1) is 35.5. The van der Waals surface area contributed by atoms with Crippen LogP contribution in [0.3, 0.4) is 0 Å². The van der Waals surface area contributed by atoms with Crippen molar-refractivity contribution in [3.05, 3.63) is 10.1 Å². The van der Waals surface area contributed by atoms with E-state index in [0.29, 0.717) is 12.5 Å². The first-order valence-corrected chi connectivity index (χ1v) is 18.0. The molecule has 0 aromatic carbocycles. The van der Waals surface area contributed by atoms with Crippen molar-refractivity contribution in [3.8, 4) is 0 Å². The van der Waals surface area contributed by atoms with E-state index in [9.17, 15) is 20.1 Å². The molecule has 0 fully saturated rings. The first-order chi connectivity index (χ1) is 14.0. The maximum atomic E-state index is 10.5. The van der Waals surface area contributed by atoms with Crippen LogP contribution in [0.1, 0.15) is 55.4 Å². The third-order valence-electron chi connectivity index (χ3n) is 3.54. The number of rotatable bonds is 10. The van der Waals surface area contributed by atoms with Crippen molar-refractivity contribution in [3.63, 3.8) is 0 Å². The van der Waals surface area contributed by atoms with Crippen LogP contribution in [0.4, 0.5) is 0 Å². The SMILES string of the molecule is CC(C)(CO[Si](C)(C)C)[N+](=O)[O-].CC(C)/C=[N+](/O)C(C)(C)CO[Si](C)(C)C.CC(C)C=O. The molecule has 0 bridgehead atoms. The summed E-state index contributed by atoms with van der Waals surface area (Å²) in [6.45, 7) is 28.2. The fourth-order valence-corrected chi connectivity index (χ4v) is 2.96. The molecule has 0 saturated carbocycles. The molecule has 0 radical (unpaired) electrons. The zero-order valence-electron chi connectivity index (χ0n) is 23.1. The summed E-state index contributed by atoms with van der Waals surface area (Å²) < 4.78 is 12.5. The van der Waals surface area contributed by atoms with E-state index >= 15 is 0 Å². The highest BCUT2D eigenvalue weighted by Gasteiger charge is 2.34. The van der Waals surface area contributed by atoms with Crippen LogP contribution < -0.4 is 0 Å². The third kappa shape index (κ3) is 23.6. The quantitative estimate of drug-likeness (QED) is 0.0819. The fraction of sp³-hybridized carbons (Fsp3) is 0.909. The Morgan fingerprint density at radius 1 is 0.844 bits per heavy atom. The number of nitro groups is 1. The van der Waals surface area contributed by atoms with Crippen LogP contribution in [0.2, 0.25) is 39.3 Å². The summed E-state index contributed by atoms with van der Waals surface area (Å²) in [7, 11) is -3.12. The lowest BCUT2D eigenvalue weighted by Gasteiger charge is -2.23. The number of carbonyl (C=O) groups excluding carboxylic acids is 1. The molecule has 0 saturated heterocycles. The van der Waals surface area contributed by atoms with E-state index in [1.165, 1.54) is 4.74 Å². The molecule has 0 unspecified atom stereocenters. The van der Waals surface area contributed by atoms with Gasteiger partial charge in [-0.15, -0.1) is 0 Å². The van der Waals surface area contributed by atoms with Gasteiger partial charge < -0.3 is 13.6 Å². The van der Waals surface area contributed by atoms with Crippen LogP contribution in [0.15, 0.2) is 0 Å². The number of aldehydes is 1. The van der Waals surface area contributed by atoms with Gasteiger partial charge in [-0.05, 0) is 44.0 Å². The van der Waals surface area contributed by atoms with Gasteiger partial charge in [0, 0.05) is 44.5 Å². The lowest BCUT2D eigenvalue weighted by molar-refractivity contribution is -0.821. The van der Waals surface area contributed by atoms with Gasteiger partial charge in [-0.3, -0.25) is 15.3 Å². The van der Waals surface area contributed by atoms with Crippen molar-refractivity contribution >= 4 is 29.1 Å². The second kappa shape index (κ2) is 14.9. The minimum Gasteiger partial charge on any atom is -0.410 e.